The summed E-state index contributed by atoms with van der Waals surface area (Å²) in [4.78, 5) is 30.0. The molecule has 5 aromatic rings. The molecule has 1 unspecified atom stereocenters. The molecule has 0 spiro atoms. The third kappa shape index (κ3) is 7.14. The van der Waals surface area contributed by atoms with Crippen LogP contribution in [0.5, 0.6) is 11.5 Å². The number of pyridine rings is 1. The number of benzene rings is 3. The van der Waals surface area contributed by atoms with E-state index in [1.165, 1.54) is 43.4 Å². The zero-order valence-electron chi connectivity index (χ0n) is 29.7. The Kier molecular flexibility index (Phi) is 9.70. The van der Waals surface area contributed by atoms with E-state index in [0.29, 0.717) is 21.2 Å². The maximum absolute atomic E-state index is 16.4. The summed E-state index contributed by atoms with van der Waals surface area (Å²) in [5, 5.41) is 0. The van der Waals surface area contributed by atoms with E-state index in [1.54, 1.807) is 58.0 Å². The molecule has 2 aromatic heterocycles. The molecule has 1 saturated heterocycles. The molecule has 280 valence electrons. The van der Waals surface area contributed by atoms with Crippen LogP contribution in [0.4, 0.5) is 23.8 Å². The maximum atomic E-state index is 16.4. The van der Waals surface area contributed by atoms with Crippen molar-refractivity contribution < 1.29 is 45.0 Å². The number of hydrogen-bond donors (Lipinski definition) is 0. The van der Waals surface area contributed by atoms with Crippen molar-refractivity contribution in [2.24, 2.45) is 0 Å². The van der Waals surface area contributed by atoms with Gasteiger partial charge in [0.1, 0.15) is 33.6 Å². The Hall–Kier alpha value is -5.51. The molecule has 0 bridgehead atoms. The summed E-state index contributed by atoms with van der Waals surface area (Å²) in [6, 6.07) is 15.4. The third-order valence-corrected chi connectivity index (χ3v) is 10.6. The van der Waals surface area contributed by atoms with Crippen molar-refractivity contribution in [3.8, 4) is 11.5 Å². The summed E-state index contributed by atoms with van der Waals surface area (Å²) < 4.78 is 98.7. The van der Waals surface area contributed by atoms with Gasteiger partial charge in [-0.1, -0.05) is 30.3 Å². The van der Waals surface area contributed by atoms with E-state index in [0.717, 1.165) is 22.8 Å². The Morgan fingerprint density at radius 1 is 1.02 bits per heavy atom. The van der Waals surface area contributed by atoms with Gasteiger partial charge in [0, 0.05) is 23.8 Å². The number of methoxy groups -OCH3 is 2. The highest BCUT2D eigenvalue weighted by molar-refractivity contribution is 7.92. The van der Waals surface area contributed by atoms with Crippen molar-refractivity contribution >= 4 is 33.0 Å². The molecule has 0 N–H and O–H groups in total. The highest BCUT2D eigenvalue weighted by Gasteiger charge is 2.50. The van der Waals surface area contributed by atoms with Gasteiger partial charge in [0.2, 0.25) is 5.95 Å². The van der Waals surface area contributed by atoms with Crippen LogP contribution < -0.4 is 19.5 Å². The van der Waals surface area contributed by atoms with E-state index in [4.69, 9.17) is 18.6 Å². The van der Waals surface area contributed by atoms with Gasteiger partial charge in [0.05, 0.1) is 45.4 Å². The number of halogens is 3. The molecule has 1 amide bonds. The predicted molar refractivity (Wildman–Crippen MR) is 188 cm³/mol. The SMILES string of the molecule is COc1ccc(CN(c2cccc(F)n2)S(=O)(=O)c2cc3oc(=O)n(C(C)c4ccccc4C4(F)CN(C(=O)OC(C)(C)C)C4)c3cc2F)c(OC)c1. The Bertz CT molecular complexity index is 2370. The summed E-state index contributed by atoms with van der Waals surface area (Å²) in [6.45, 7) is 5.66. The molecule has 0 aliphatic carbocycles. The topological polar surface area (TPSA) is 133 Å². The number of alkyl halides is 1. The van der Waals surface area contributed by atoms with Crippen LogP contribution in [0.15, 0.2) is 86.9 Å². The van der Waals surface area contributed by atoms with Crippen molar-refractivity contribution in [2.45, 2.75) is 56.4 Å². The smallest absolute Gasteiger partial charge is 0.420 e. The fraction of sp³-hybridized carbons (Fsp3) is 0.324. The first kappa shape index (κ1) is 37.3. The number of carbonyl (C=O) groups excluding carboxylic acids is 1. The molecule has 16 heteroatoms. The first-order valence-corrected chi connectivity index (χ1v) is 17.9. The first-order valence-electron chi connectivity index (χ1n) is 16.4. The Morgan fingerprint density at radius 3 is 2.40 bits per heavy atom. The summed E-state index contributed by atoms with van der Waals surface area (Å²) in [7, 11) is -2.06. The van der Waals surface area contributed by atoms with Gasteiger partial charge in [-0.05, 0) is 63.1 Å². The number of nitrogens with zero attached hydrogens (tertiary/aromatic N) is 4. The van der Waals surface area contributed by atoms with Crippen LogP contribution in [0, 0.1) is 11.8 Å². The number of sulfonamides is 1. The number of anilines is 1. The molecular formula is C37H37F3N4O8S. The van der Waals surface area contributed by atoms with Crippen LogP contribution in [0.25, 0.3) is 11.1 Å². The standard InChI is InChI=1S/C37H37F3N4O8S/c1-22(25-10-7-8-11-26(25)37(40)20-42(21-37)34(45)52-36(2,3)4)44-28-17-27(38)31(18-30(28)51-35(44)46)53(47,48)43(33-13-9-12-32(39)41-33)19-23-14-15-24(49-5)16-29(23)50-6/h7-18,22H,19-21H2,1-6H3. The second-order valence-electron chi connectivity index (χ2n) is 13.6. The minimum Gasteiger partial charge on any atom is -0.497 e. The average Bonchev–Trinajstić information content (AvgIpc) is 3.41. The van der Waals surface area contributed by atoms with Gasteiger partial charge in [0.25, 0.3) is 10.0 Å². The Morgan fingerprint density at radius 2 is 1.74 bits per heavy atom. The van der Waals surface area contributed by atoms with Crippen molar-refractivity contribution in [2.75, 3.05) is 31.6 Å². The monoisotopic (exact) mass is 754 g/mol. The zero-order valence-corrected chi connectivity index (χ0v) is 30.5. The number of oxazole rings is 1. The van der Waals surface area contributed by atoms with Crippen LogP contribution in [-0.4, -0.2) is 61.9 Å². The number of aromatic nitrogens is 2. The number of ether oxygens (including phenoxy) is 3. The molecule has 3 aromatic carbocycles. The molecule has 12 nitrogen and oxygen atoms in total. The quantitative estimate of drug-likeness (QED) is 0.143. The van der Waals surface area contributed by atoms with E-state index in [2.05, 4.69) is 4.98 Å². The van der Waals surface area contributed by atoms with Crippen LogP contribution >= 0.6 is 0 Å². The summed E-state index contributed by atoms with van der Waals surface area (Å²) in [5.41, 5.74) is -2.23. The van der Waals surface area contributed by atoms with Crippen molar-refractivity contribution in [3.05, 3.63) is 112 Å². The van der Waals surface area contributed by atoms with Crippen LogP contribution in [0.1, 0.15) is 50.4 Å². The van der Waals surface area contributed by atoms with Gasteiger partial charge in [-0.3, -0.25) is 4.57 Å². The van der Waals surface area contributed by atoms with E-state index in [9.17, 15) is 22.4 Å². The van der Waals surface area contributed by atoms with E-state index < -0.39 is 62.4 Å². The fourth-order valence-electron chi connectivity index (χ4n) is 6.27. The minimum absolute atomic E-state index is 0.0992. The molecule has 1 aliphatic rings. The molecule has 0 saturated carbocycles. The lowest BCUT2D eigenvalue weighted by molar-refractivity contribution is -0.0542. The highest BCUT2D eigenvalue weighted by Crippen LogP contribution is 2.41. The molecule has 0 radical (unpaired) electrons. The largest absolute Gasteiger partial charge is 0.497 e. The van der Waals surface area contributed by atoms with Gasteiger partial charge in [-0.25, -0.2) is 36.1 Å². The van der Waals surface area contributed by atoms with E-state index in [1.807, 2.05) is 0 Å². The molecular weight excluding hydrogens is 717 g/mol. The van der Waals surface area contributed by atoms with Gasteiger partial charge >= 0.3 is 11.8 Å². The van der Waals surface area contributed by atoms with Gasteiger partial charge < -0.3 is 23.5 Å². The van der Waals surface area contributed by atoms with Crippen molar-refractivity contribution in [1.82, 2.24) is 14.5 Å². The summed E-state index contributed by atoms with van der Waals surface area (Å²) in [5.74, 6) is -2.87. The average molecular weight is 755 g/mol. The third-order valence-electron chi connectivity index (χ3n) is 8.81. The van der Waals surface area contributed by atoms with Crippen molar-refractivity contribution in [3.63, 3.8) is 0 Å². The summed E-state index contributed by atoms with van der Waals surface area (Å²) in [6.07, 6.45) is -0.663. The van der Waals surface area contributed by atoms with Gasteiger partial charge in [-0.15, -0.1) is 0 Å². The van der Waals surface area contributed by atoms with Gasteiger partial charge in [0.15, 0.2) is 11.3 Å². The lowest BCUT2D eigenvalue weighted by atomic mass is 9.83. The molecule has 53 heavy (non-hydrogen) atoms. The molecule has 1 atom stereocenters. The highest BCUT2D eigenvalue weighted by atomic mass is 32.2. The number of amides is 1. The van der Waals surface area contributed by atoms with E-state index in [-0.39, 0.29) is 41.3 Å². The fourth-order valence-corrected chi connectivity index (χ4v) is 7.73. The molecule has 6 rings (SSSR count). The van der Waals surface area contributed by atoms with E-state index >= 15 is 8.78 Å². The summed E-state index contributed by atoms with van der Waals surface area (Å²) >= 11 is 0. The molecule has 1 fully saturated rings. The van der Waals surface area contributed by atoms with Gasteiger partial charge in [-0.2, -0.15) is 4.39 Å². The second kappa shape index (κ2) is 13.8. The predicted octanol–water partition coefficient (Wildman–Crippen LogP) is 6.71. The number of fused-ring (bicyclic) bond motifs is 1. The molecule has 3 heterocycles. The number of carbonyl (C=O) groups is 1. The Balaban J connectivity index is 1.38. The second-order valence-corrected chi connectivity index (χ2v) is 15.4. The van der Waals surface area contributed by atoms with Crippen LogP contribution in [0.3, 0.4) is 0 Å². The zero-order chi connectivity index (χ0) is 38.5. The minimum atomic E-state index is -4.87. The normalized spacial score (nSPS) is 14.8. The van der Waals surface area contributed by atoms with Crippen LogP contribution in [-0.2, 0) is 27.0 Å². The lowest BCUT2D eigenvalue weighted by Gasteiger charge is -2.45. The van der Waals surface area contributed by atoms with Crippen molar-refractivity contribution in [1.29, 1.82) is 0 Å². The Labute approximate surface area is 303 Å². The lowest BCUT2D eigenvalue weighted by Crippen LogP contribution is -2.60. The number of likely N-dealkylation sites (tertiary alicyclic amines) is 1. The van der Waals surface area contributed by atoms with Crippen LogP contribution in [0.2, 0.25) is 0 Å². The maximum Gasteiger partial charge on any atom is 0.420 e. The first-order chi connectivity index (χ1) is 25.0. The molecule has 1 aliphatic heterocycles. The number of rotatable bonds is 10. The number of hydrogen-bond acceptors (Lipinski definition) is 9.